The van der Waals surface area contributed by atoms with Crippen molar-refractivity contribution < 1.29 is 29.3 Å². The Balaban J connectivity index is 2.17. The summed E-state index contributed by atoms with van der Waals surface area (Å²) in [5, 5.41) is 20.8. The van der Waals surface area contributed by atoms with Crippen molar-refractivity contribution in [3.05, 3.63) is 65.2 Å². The zero-order valence-electron chi connectivity index (χ0n) is 15.6. The van der Waals surface area contributed by atoms with Crippen molar-refractivity contribution >= 4 is 17.4 Å². The second-order valence-corrected chi connectivity index (χ2v) is 6.31. The van der Waals surface area contributed by atoms with Gasteiger partial charge in [-0.05, 0) is 29.8 Å². The highest BCUT2D eigenvalue weighted by atomic mass is 16.5. The normalized spacial score (nSPS) is 18.5. The standard InChI is InChI=1S/C21H21NO6/c1-27-10-9-22-18(13-5-3-7-15(23)11-13)17(20(25)21(22)26)19(24)14-6-4-8-16(12-14)28-2/h3-8,11-12,18,23-24H,9-10H2,1-2H3. The van der Waals surface area contributed by atoms with Gasteiger partial charge >= 0.3 is 0 Å². The van der Waals surface area contributed by atoms with E-state index in [0.29, 0.717) is 16.9 Å². The maximum absolute atomic E-state index is 12.8. The Bertz CT molecular complexity index is 936. The van der Waals surface area contributed by atoms with E-state index in [1.54, 1.807) is 36.4 Å². The van der Waals surface area contributed by atoms with Crippen molar-refractivity contribution in [2.75, 3.05) is 27.4 Å². The second-order valence-electron chi connectivity index (χ2n) is 6.31. The number of carbonyl (C=O) groups is 2. The highest BCUT2D eigenvalue weighted by Gasteiger charge is 2.45. The summed E-state index contributed by atoms with van der Waals surface area (Å²) in [5.41, 5.74) is 0.828. The van der Waals surface area contributed by atoms with Crippen molar-refractivity contribution in [1.29, 1.82) is 0 Å². The van der Waals surface area contributed by atoms with E-state index in [1.165, 1.54) is 31.3 Å². The minimum absolute atomic E-state index is 0.00351. The molecule has 3 rings (SSSR count). The third-order valence-corrected chi connectivity index (χ3v) is 4.61. The third kappa shape index (κ3) is 3.57. The Labute approximate surface area is 162 Å². The van der Waals surface area contributed by atoms with Crippen LogP contribution in [0.2, 0.25) is 0 Å². The van der Waals surface area contributed by atoms with Crippen LogP contribution in [0.5, 0.6) is 11.5 Å². The molecule has 1 atom stereocenters. The zero-order valence-corrected chi connectivity index (χ0v) is 15.6. The van der Waals surface area contributed by atoms with Gasteiger partial charge in [-0.25, -0.2) is 0 Å². The molecule has 28 heavy (non-hydrogen) atoms. The molecule has 1 unspecified atom stereocenters. The minimum atomic E-state index is -0.839. The van der Waals surface area contributed by atoms with E-state index in [0.717, 1.165) is 0 Å². The van der Waals surface area contributed by atoms with E-state index in [4.69, 9.17) is 9.47 Å². The fraction of sp³-hybridized carbons (Fsp3) is 0.238. The number of methoxy groups -OCH3 is 2. The van der Waals surface area contributed by atoms with Crippen LogP contribution >= 0.6 is 0 Å². The number of likely N-dealkylation sites (tertiary alicyclic amines) is 1. The van der Waals surface area contributed by atoms with Gasteiger partial charge in [0.05, 0.1) is 25.3 Å². The Hall–Kier alpha value is -3.32. The first-order valence-corrected chi connectivity index (χ1v) is 8.68. The summed E-state index contributed by atoms with van der Waals surface area (Å²) in [6, 6.07) is 12.0. The maximum atomic E-state index is 12.8. The number of nitrogens with zero attached hydrogens (tertiary/aromatic N) is 1. The third-order valence-electron chi connectivity index (χ3n) is 4.61. The molecule has 7 heteroatoms. The number of hydrogen-bond acceptors (Lipinski definition) is 6. The molecule has 1 saturated heterocycles. The van der Waals surface area contributed by atoms with Crippen molar-refractivity contribution in [2.24, 2.45) is 0 Å². The van der Waals surface area contributed by atoms with E-state index < -0.39 is 17.7 Å². The number of aromatic hydroxyl groups is 1. The Morgan fingerprint density at radius 2 is 1.86 bits per heavy atom. The van der Waals surface area contributed by atoms with Crippen LogP contribution in [-0.4, -0.2) is 54.2 Å². The average Bonchev–Trinajstić information content (AvgIpc) is 2.96. The molecule has 0 spiro atoms. The first kappa shape index (κ1) is 19.4. The van der Waals surface area contributed by atoms with Crippen molar-refractivity contribution in [3.63, 3.8) is 0 Å². The van der Waals surface area contributed by atoms with Gasteiger partial charge in [0.15, 0.2) is 0 Å². The molecule has 2 aromatic carbocycles. The number of ketones is 1. The zero-order chi connectivity index (χ0) is 20.3. The highest BCUT2D eigenvalue weighted by molar-refractivity contribution is 6.46. The lowest BCUT2D eigenvalue weighted by Gasteiger charge is -2.25. The molecular formula is C21H21NO6. The molecule has 1 amide bonds. The predicted molar refractivity (Wildman–Crippen MR) is 102 cm³/mol. The van der Waals surface area contributed by atoms with E-state index >= 15 is 0 Å². The number of hydrogen-bond donors (Lipinski definition) is 2. The van der Waals surface area contributed by atoms with E-state index in [-0.39, 0.29) is 30.2 Å². The fourth-order valence-corrected chi connectivity index (χ4v) is 3.27. The molecule has 0 aliphatic carbocycles. The molecular weight excluding hydrogens is 362 g/mol. The number of rotatable bonds is 6. The van der Waals surface area contributed by atoms with Gasteiger partial charge in [0.1, 0.15) is 17.3 Å². The minimum Gasteiger partial charge on any atom is -0.508 e. The molecule has 1 fully saturated rings. The number of carbonyl (C=O) groups excluding carboxylic acids is 2. The van der Waals surface area contributed by atoms with Crippen molar-refractivity contribution in [3.8, 4) is 11.5 Å². The first-order chi connectivity index (χ1) is 13.5. The van der Waals surface area contributed by atoms with E-state index in [9.17, 15) is 19.8 Å². The number of phenolic OH excluding ortho intramolecular Hbond substituents is 1. The highest BCUT2D eigenvalue weighted by Crippen LogP contribution is 2.40. The van der Waals surface area contributed by atoms with Crippen LogP contribution in [0.25, 0.3) is 5.76 Å². The van der Waals surface area contributed by atoms with Gasteiger partial charge < -0.3 is 24.6 Å². The van der Waals surface area contributed by atoms with E-state index in [2.05, 4.69) is 0 Å². The van der Waals surface area contributed by atoms with Gasteiger partial charge in [0.25, 0.3) is 11.7 Å². The van der Waals surface area contributed by atoms with Gasteiger partial charge in [0.2, 0.25) is 0 Å². The molecule has 2 N–H and O–H groups in total. The number of phenols is 1. The van der Waals surface area contributed by atoms with Crippen LogP contribution in [0.15, 0.2) is 54.1 Å². The summed E-state index contributed by atoms with van der Waals surface area (Å²) < 4.78 is 10.2. The summed E-state index contributed by atoms with van der Waals surface area (Å²) in [6.45, 7) is 0.387. The van der Waals surface area contributed by atoms with Gasteiger partial charge in [-0.15, -0.1) is 0 Å². The lowest BCUT2D eigenvalue weighted by atomic mass is 9.95. The van der Waals surface area contributed by atoms with Crippen LogP contribution in [-0.2, 0) is 14.3 Å². The molecule has 0 bridgehead atoms. The number of ether oxygens (including phenoxy) is 2. The number of aliphatic hydroxyl groups is 1. The number of aliphatic hydroxyl groups excluding tert-OH is 1. The fourth-order valence-electron chi connectivity index (χ4n) is 3.27. The molecule has 0 saturated carbocycles. The lowest BCUT2D eigenvalue weighted by Crippen LogP contribution is -2.32. The first-order valence-electron chi connectivity index (χ1n) is 8.68. The number of Topliss-reactive ketones (excluding diaryl/α,β-unsaturated/α-hetero) is 1. The molecule has 0 aromatic heterocycles. The molecule has 7 nitrogen and oxygen atoms in total. The molecule has 1 heterocycles. The number of amides is 1. The smallest absolute Gasteiger partial charge is 0.295 e. The molecule has 0 radical (unpaired) electrons. The molecule has 2 aromatic rings. The summed E-state index contributed by atoms with van der Waals surface area (Å²) in [4.78, 5) is 26.8. The lowest BCUT2D eigenvalue weighted by molar-refractivity contribution is -0.140. The molecule has 1 aliphatic rings. The summed E-state index contributed by atoms with van der Waals surface area (Å²) in [6.07, 6.45) is 0. The van der Waals surface area contributed by atoms with Gasteiger partial charge in [0, 0.05) is 19.2 Å². The summed E-state index contributed by atoms with van der Waals surface area (Å²) in [7, 11) is 2.99. The van der Waals surface area contributed by atoms with Crippen LogP contribution in [0.3, 0.4) is 0 Å². The van der Waals surface area contributed by atoms with E-state index in [1.807, 2.05) is 0 Å². The Kier molecular flexibility index (Phi) is 5.65. The van der Waals surface area contributed by atoms with Crippen molar-refractivity contribution in [1.82, 2.24) is 4.90 Å². The predicted octanol–water partition coefficient (Wildman–Crippen LogP) is 2.47. The largest absolute Gasteiger partial charge is 0.508 e. The SMILES string of the molecule is COCCN1C(=O)C(=O)C(=C(O)c2cccc(OC)c2)C1c1cccc(O)c1. The van der Waals surface area contributed by atoms with Crippen LogP contribution in [0.4, 0.5) is 0 Å². The van der Waals surface area contributed by atoms with Gasteiger partial charge in [-0.3, -0.25) is 9.59 Å². The van der Waals surface area contributed by atoms with Crippen LogP contribution in [0.1, 0.15) is 17.2 Å². The average molecular weight is 383 g/mol. The monoisotopic (exact) mass is 383 g/mol. The van der Waals surface area contributed by atoms with Gasteiger partial charge in [-0.1, -0.05) is 24.3 Å². The van der Waals surface area contributed by atoms with Crippen LogP contribution < -0.4 is 4.74 Å². The quantitative estimate of drug-likeness (QED) is 0.452. The maximum Gasteiger partial charge on any atom is 0.295 e. The molecule has 146 valence electrons. The topological polar surface area (TPSA) is 96.3 Å². The number of benzene rings is 2. The summed E-state index contributed by atoms with van der Waals surface area (Å²) >= 11 is 0. The van der Waals surface area contributed by atoms with Gasteiger partial charge in [-0.2, -0.15) is 0 Å². The van der Waals surface area contributed by atoms with Crippen LogP contribution in [0, 0.1) is 0 Å². The summed E-state index contributed by atoms with van der Waals surface area (Å²) in [5.74, 6) is -1.31. The second kappa shape index (κ2) is 8.14. The Morgan fingerprint density at radius 3 is 2.54 bits per heavy atom. The molecule has 1 aliphatic heterocycles. The van der Waals surface area contributed by atoms with Crippen molar-refractivity contribution in [2.45, 2.75) is 6.04 Å². The Morgan fingerprint density at radius 1 is 1.11 bits per heavy atom.